The van der Waals surface area contributed by atoms with Gasteiger partial charge in [-0.15, -0.1) is 0 Å². The smallest absolute Gasteiger partial charge is 0.151 e. The second-order valence-corrected chi connectivity index (χ2v) is 8.02. The molecule has 1 aliphatic carbocycles. The van der Waals surface area contributed by atoms with Crippen molar-refractivity contribution < 1.29 is 8.42 Å². The van der Waals surface area contributed by atoms with Crippen LogP contribution < -0.4 is 5.32 Å². The highest BCUT2D eigenvalue weighted by molar-refractivity contribution is 7.91. The zero-order valence-corrected chi connectivity index (χ0v) is 12.9. The van der Waals surface area contributed by atoms with Crippen molar-refractivity contribution in [1.82, 2.24) is 5.32 Å². The number of hydrogen-bond donors (Lipinski definition) is 1. The fourth-order valence-corrected chi connectivity index (χ4v) is 3.74. The lowest BCUT2D eigenvalue weighted by molar-refractivity contribution is 0.342. The van der Waals surface area contributed by atoms with E-state index in [1.807, 2.05) is 6.92 Å². The highest BCUT2D eigenvalue weighted by atomic mass is 32.2. The molecule has 0 spiro atoms. The van der Waals surface area contributed by atoms with Crippen molar-refractivity contribution in [2.24, 2.45) is 11.8 Å². The van der Waals surface area contributed by atoms with Crippen molar-refractivity contribution in [3.63, 3.8) is 0 Å². The standard InChI is InChI=1S/C14H27NO2S/c1-5-18(16,17)10-13(4)15-9-14-11(2)7-6-8-12(14)3/h7,12-15H,5-6,8-10H2,1-4H3. The molecule has 0 aromatic rings. The van der Waals surface area contributed by atoms with Crippen molar-refractivity contribution in [1.29, 1.82) is 0 Å². The normalized spacial score (nSPS) is 26.8. The van der Waals surface area contributed by atoms with Crippen molar-refractivity contribution >= 4 is 9.84 Å². The van der Waals surface area contributed by atoms with Gasteiger partial charge in [-0.3, -0.25) is 0 Å². The van der Waals surface area contributed by atoms with E-state index in [0.29, 0.717) is 11.8 Å². The van der Waals surface area contributed by atoms with Crippen LogP contribution in [0.25, 0.3) is 0 Å². The highest BCUT2D eigenvalue weighted by Gasteiger charge is 2.23. The van der Waals surface area contributed by atoms with Gasteiger partial charge in [0, 0.05) is 18.3 Å². The van der Waals surface area contributed by atoms with E-state index < -0.39 is 9.84 Å². The lowest BCUT2D eigenvalue weighted by atomic mass is 9.80. The third-order valence-corrected chi connectivity index (χ3v) is 5.88. The molecular weight excluding hydrogens is 246 g/mol. The summed E-state index contributed by atoms with van der Waals surface area (Å²) in [5, 5.41) is 3.38. The lowest BCUT2D eigenvalue weighted by Gasteiger charge is -2.30. The second-order valence-electron chi connectivity index (χ2n) is 5.62. The number of allylic oxidation sites excluding steroid dienone is 1. The van der Waals surface area contributed by atoms with Crippen molar-refractivity contribution in [2.75, 3.05) is 18.1 Å². The summed E-state index contributed by atoms with van der Waals surface area (Å²) in [6.45, 7) is 9.04. The molecule has 3 unspecified atom stereocenters. The van der Waals surface area contributed by atoms with Gasteiger partial charge in [0.25, 0.3) is 0 Å². The van der Waals surface area contributed by atoms with Crippen LogP contribution in [-0.4, -0.2) is 32.5 Å². The minimum absolute atomic E-state index is 0.0388. The first kappa shape index (κ1) is 15.7. The Bertz CT molecular complexity index is 387. The summed E-state index contributed by atoms with van der Waals surface area (Å²) in [4.78, 5) is 0. The zero-order chi connectivity index (χ0) is 13.8. The predicted octanol–water partition coefficient (Wildman–Crippen LogP) is 2.39. The van der Waals surface area contributed by atoms with E-state index in [-0.39, 0.29) is 17.5 Å². The third kappa shape index (κ3) is 4.73. The van der Waals surface area contributed by atoms with Gasteiger partial charge >= 0.3 is 0 Å². The number of hydrogen-bond acceptors (Lipinski definition) is 3. The number of rotatable bonds is 6. The molecule has 0 aromatic carbocycles. The Morgan fingerprint density at radius 1 is 1.50 bits per heavy atom. The average Bonchev–Trinajstić information content (AvgIpc) is 2.28. The Kier molecular flexibility index (Phi) is 5.86. The van der Waals surface area contributed by atoms with Gasteiger partial charge in [-0.2, -0.15) is 0 Å². The molecule has 0 aromatic heterocycles. The maximum Gasteiger partial charge on any atom is 0.151 e. The van der Waals surface area contributed by atoms with Gasteiger partial charge in [0.15, 0.2) is 9.84 Å². The third-order valence-electron chi connectivity index (χ3n) is 3.99. The van der Waals surface area contributed by atoms with E-state index in [9.17, 15) is 8.42 Å². The van der Waals surface area contributed by atoms with Crippen LogP contribution in [0.5, 0.6) is 0 Å². The molecule has 3 atom stereocenters. The van der Waals surface area contributed by atoms with Crippen LogP contribution in [0.2, 0.25) is 0 Å². The summed E-state index contributed by atoms with van der Waals surface area (Å²) >= 11 is 0. The monoisotopic (exact) mass is 273 g/mol. The van der Waals surface area contributed by atoms with E-state index in [2.05, 4.69) is 25.2 Å². The molecule has 1 aliphatic rings. The van der Waals surface area contributed by atoms with Crippen LogP contribution in [0.3, 0.4) is 0 Å². The van der Waals surface area contributed by atoms with Crippen LogP contribution >= 0.6 is 0 Å². The summed E-state index contributed by atoms with van der Waals surface area (Å²) < 4.78 is 23.1. The van der Waals surface area contributed by atoms with E-state index in [1.165, 1.54) is 18.4 Å². The van der Waals surface area contributed by atoms with Crippen molar-refractivity contribution in [3.8, 4) is 0 Å². The Labute approximate surface area is 112 Å². The number of nitrogens with one attached hydrogen (secondary N) is 1. The largest absolute Gasteiger partial charge is 0.313 e. The molecule has 0 saturated carbocycles. The number of sulfone groups is 1. The molecule has 0 aliphatic heterocycles. The van der Waals surface area contributed by atoms with E-state index in [1.54, 1.807) is 6.92 Å². The molecule has 0 amide bonds. The molecule has 4 heteroatoms. The van der Waals surface area contributed by atoms with E-state index >= 15 is 0 Å². The first-order chi connectivity index (χ1) is 8.35. The Hall–Kier alpha value is -0.350. The van der Waals surface area contributed by atoms with Crippen LogP contribution in [0, 0.1) is 11.8 Å². The molecule has 0 radical (unpaired) electrons. The maximum atomic E-state index is 11.5. The zero-order valence-electron chi connectivity index (χ0n) is 12.1. The molecule has 1 rings (SSSR count). The Morgan fingerprint density at radius 2 is 2.17 bits per heavy atom. The molecule has 18 heavy (non-hydrogen) atoms. The van der Waals surface area contributed by atoms with Crippen LogP contribution in [0.1, 0.15) is 40.5 Å². The Balaban J connectivity index is 2.45. The highest BCUT2D eigenvalue weighted by Crippen LogP contribution is 2.29. The van der Waals surface area contributed by atoms with Crippen molar-refractivity contribution in [2.45, 2.75) is 46.6 Å². The average molecular weight is 273 g/mol. The lowest BCUT2D eigenvalue weighted by Crippen LogP contribution is -2.39. The molecule has 0 fully saturated rings. The SMILES string of the molecule is CCS(=O)(=O)CC(C)NCC1C(C)=CCCC1C. The minimum Gasteiger partial charge on any atom is -0.313 e. The van der Waals surface area contributed by atoms with Crippen molar-refractivity contribution in [3.05, 3.63) is 11.6 Å². The summed E-state index contributed by atoms with van der Waals surface area (Å²) in [6.07, 6.45) is 4.74. The summed E-state index contributed by atoms with van der Waals surface area (Å²) in [6, 6.07) is 0.0388. The van der Waals surface area contributed by atoms with Crippen LogP contribution in [0.15, 0.2) is 11.6 Å². The predicted molar refractivity (Wildman–Crippen MR) is 77.4 cm³/mol. The van der Waals surface area contributed by atoms with Gasteiger partial charge in [-0.05, 0) is 38.5 Å². The fraction of sp³-hybridized carbons (Fsp3) is 0.857. The summed E-state index contributed by atoms with van der Waals surface area (Å²) in [7, 11) is -2.88. The molecular formula is C14H27NO2S. The van der Waals surface area contributed by atoms with Gasteiger partial charge < -0.3 is 5.32 Å². The first-order valence-electron chi connectivity index (χ1n) is 6.96. The molecule has 3 nitrogen and oxygen atoms in total. The topological polar surface area (TPSA) is 46.2 Å². The van der Waals surface area contributed by atoms with Gasteiger partial charge in [0.05, 0.1) is 5.75 Å². The molecule has 106 valence electrons. The van der Waals surface area contributed by atoms with Crippen LogP contribution in [-0.2, 0) is 9.84 Å². The van der Waals surface area contributed by atoms with Crippen LogP contribution in [0.4, 0.5) is 0 Å². The molecule has 0 heterocycles. The molecule has 1 N–H and O–H groups in total. The maximum absolute atomic E-state index is 11.5. The molecule has 0 saturated heterocycles. The molecule has 0 bridgehead atoms. The first-order valence-corrected chi connectivity index (χ1v) is 8.78. The summed E-state index contributed by atoms with van der Waals surface area (Å²) in [5.74, 6) is 1.73. The van der Waals surface area contributed by atoms with E-state index in [4.69, 9.17) is 0 Å². The quantitative estimate of drug-likeness (QED) is 0.756. The fourth-order valence-electron chi connectivity index (χ4n) is 2.62. The Morgan fingerprint density at radius 3 is 2.72 bits per heavy atom. The van der Waals surface area contributed by atoms with Gasteiger partial charge in [0.1, 0.15) is 0 Å². The minimum atomic E-state index is -2.88. The van der Waals surface area contributed by atoms with Gasteiger partial charge in [-0.1, -0.05) is 25.5 Å². The van der Waals surface area contributed by atoms with Gasteiger partial charge in [0.2, 0.25) is 0 Å². The van der Waals surface area contributed by atoms with Gasteiger partial charge in [-0.25, -0.2) is 8.42 Å². The second kappa shape index (κ2) is 6.71. The van der Waals surface area contributed by atoms with E-state index in [0.717, 1.165) is 6.54 Å². The summed E-state index contributed by atoms with van der Waals surface area (Å²) in [5.41, 5.74) is 1.45.